The minimum Gasteiger partial charge on any atom is -0.273 e. The van der Waals surface area contributed by atoms with E-state index >= 15 is 0 Å². The Morgan fingerprint density at radius 2 is 1.06 bits per heavy atom. The summed E-state index contributed by atoms with van der Waals surface area (Å²) >= 11 is 0. The smallest absolute Gasteiger partial charge is 0.273 e. The average molecular weight is 489 g/mol. The molecule has 0 N–H and O–H groups in total. The van der Waals surface area contributed by atoms with E-state index in [1.165, 1.54) is 32.7 Å². The van der Waals surface area contributed by atoms with Gasteiger partial charge in [-0.2, -0.15) is 6.08 Å². The van der Waals surface area contributed by atoms with Crippen molar-refractivity contribution < 1.29 is 26.2 Å². The van der Waals surface area contributed by atoms with Crippen LogP contribution in [0.1, 0.15) is 17.5 Å². The van der Waals surface area contributed by atoms with Crippen molar-refractivity contribution in [3.05, 3.63) is 157 Å². The molecule has 0 aromatic heterocycles. The molecule has 0 amide bonds. The summed E-state index contributed by atoms with van der Waals surface area (Å²) in [7, 11) is 0. The van der Waals surface area contributed by atoms with E-state index in [1.54, 1.807) is 0 Å². The fraction of sp³-hybridized carbons (Fsp3) is 0.0323. The number of hydrogen-bond donors (Lipinski definition) is 0. The van der Waals surface area contributed by atoms with E-state index in [0.717, 1.165) is 6.42 Å². The Bertz CT molecular complexity index is 1160. The molecule has 0 saturated carbocycles. The fourth-order valence-electron chi connectivity index (χ4n) is 3.54. The van der Waals surface area contributed by atoms with Crippen molar-refractivity contribution in [3.8, 4) is 0 Å². The molecular weight excluding hydrogens is 464 g/mol. The fourth-order valence-corrected chi connectivity index (χ4v) is 3.54. The van der Waals surface area contributed by atoms with E-state index < -0.39 is 0 Å². The van der Waals surface area contributed by atoms with E-state index in [9.17, 15) is 0 Å². The Hall–Kier alpha value is -3.02. The summed E-state index contributed by atoms with van der Waals surface area (Å²) in [6, 6.07) is 40.0. The maximum Gasteiger partial charge on any atom is 3.00 e. The monoisotopic (exact) mass is 487 g/mol. The van der Waals surface area contributed by atoms with Gasteiger partial charge < -0.3 is 0 Å². The molecular formula is C31H25Zr. The molecule has 0 nitrogen and oxygen atoms in total. The Morgan fingerprint density at radius 1 is 0.594 bits per heavy atom. The predicted octanol–water partition coefficient (Wildman–Crippen LogP) is 8.30. The van der Waals surface area contributed by atoms with Crippen LogP contribution >= 0.6 is 0 Å². The van der Waals surface area contributed by atoms with Crippen LogP contribution in [-0.2, 0) is 26.2 Å². The van der Waals surface area contributed by atoms with Gasteiger partial charge in [0.25, 0.3) is 0 Å². The Balaban J connectivity index is 0.000000145. The van der Waals surface area contributed by atoms with Gasteiger partial charge in [-0.3, -0.25) is 6.08 Å². The molecule has 1 aliphatic carbocycles. The molecule has 0 fully saturated rings. The molecule has 1 heteroatoms. The summed E-state index contributed by atoms with van der Waals surface area (Å²) in [5, 5.41) is 5.39. The molecule has 0 unspecified atom stereocenters. The van der Waals surface area contributed by atoms with E-state index in [0.29, 0.717) is 0 Å². The van der Waals surface area contributed by atoms with Gasteiger partial charge in [-0.25, -0.2) is 12.2 Å². The summed E-state index contributed by atoms with van der Waals surface area (Å²) in [5.74, 6) is 0. The first-order valence-corrected chi connectivity index (χ1v) is 10.6. The van der Waals surface area contributed by atoms with Crippen molar-refractivity contribution in [2.24, 2.45) is 0 Å². The van der Waals surface area contributed by atoms with Crippen molar-refractivity contribution in [2.45, 2.75) is 6.42 Å². The van der Waals surface area contributed by atoms with Crippen LogP contribution in [0.2, 0.25) is 0 Å². The van der Waals surface area contributed by atoms with Crippen LogP contribution < -0.4 is 0 Å². The second-order valence-electron chi connectivity index (χ2n) is 7.29. The van der Waals surface area contributed by atoms with E-state index in [4.69, 9.17) is 0 Å². The minimum atomic E-state index is 0. The number of hydrogen-bond acceptors (Lipinski definition) is 0. The van der Waals surface area contributed by atoms with Gasteiger partial charge in [0.15, 0.2) is 0 Å². The molecule has 0 saturated heterocycles. The van der Waals surface area contributed by atoms with Crippen LogP contribution in [0.15, 0.2) is 133 Å². The van der Waals surface area contributed by atoms with Gasteiger partial charge in [0.2, 0.25) is 0 Å². The maximum atomic E-state index is 2.99. The molecule has 1 aliphatic rings. The van der Waals surface area contributed by atoms with E-state index in [1.807, 2.05) is 24.3 Å². The van der Waals surface area contributed by atoms with Crippen molar-refractivity contribution in [1.29, 1.82) is 0 Å². The normalized spacial score (nSPS) is 11.1. The summed E-state index contributed by atoms with van der Waals surface area (Å²) < 4.78 is 0. The second-order valence-corrected chi connectivity index (χ2v) is 7.29. The summed E-state index contributed by atoms with van der Waals surface area (Å²) in [5.41, 5.74) is 2.49. The van der Waals surface area contributed by atoms with E-state index in [-0.39, 0.29) is 26.2 Å². The van der Waals surface area contributed by atoms with Crippen molar-refractivity contribution in [1.82, 2.24) is 0 Å². The Labute approximate surface area is 210 Å². The predicted molar refractivity (Wildman–Crippen MR) is 134 cm³/mol. The Morgan fingerprint density at radius 3 is 1.47 bits per heavy atom. The second kappa shape index (κ2) is 12.7. The maximum absolute atomic E-state index is 2.99. The third-order valence-electron chi connectivity index (χ3n) is 5.04. The standard InChI is InChI=1S/C13H9.C13H11.C5H5.Zr/c1-3-7-12-10(5-1)9-11-6-2-4-8-13(11)12;1-3-7-12(8-4-1)11-13-9-5-2-6-10-13;1-2-4-5-3-1;/h1-9H;1-11H;1-3H,4H2;/q3*-1;+3. The third kappa shape index (κ3) is 6.74. The van der Waals surface area contributed by atoms with Crippen LogP contribution in [0.4, 0.5) is 0 Å². The minimum absolute atomic E-state index is 0. The first-order valence-electron chi connectivity index (χ1n) is 10.6. The SMILES string of the molecule is [C-]1=CC=CC1.[Zr+3].c1ccc([CH-]c2ccccc2)cc1.c1ccc2c(c1)[cH-]c1ccccc12. The molecule has 0 spiro atoms. The van der Waals surface area contributed by atoms with E-state index in [2.05, 4.69) is 122 Å². The topological polar surface area (TPSA) is 0 Å². The summed E-state index contributed by atoms with van der Waals surface area (Å²) in [4.78, 5) is 0. The van der Waals surface area contributed by atoms with Crippen LogP contribution in [0.3, 0.4) is 0 Å². The quantitative estimate of drug-likeness (QED) is 0.219. The van der Waals surface area contributed by atoms with Crippen LogP contribution in [0.5, 0.6) is 0 Å². The number of fused-ring (bicyclic) bond motifs is 3. The first kappa shape index (κ1) is 23.6. The third-order valence-corrected chi connectivity index (χ3v) is 5.04. The summed E-state index contributed by atoms with van der Waals surface area (Å²) in [6.07, 6.45) is 12.2. The molecule has 32 heavy (non-hydrogen) atoms. The van der Waals surface area contributed by atoms with Crippen LogP contribution in [0.25, 0.3) is 21.5 Å². The molecule has 1 radical (unpaired) electrons. The molecule has 5 aromatic carbocycles. The molecule has 0 atom stereocenters. The number of allylic oxidation sites excluding steroid dienone is 4. The largest absolute Gasteiger partial charge is 3.00 e. The van der Waals surface area contributed by atoms with Crippen LogP contribution in [0, 0.1) is 12.5 Å². The van der Waals surface area contributed by atoms with Gasteiger partial charge in [0, 0.05) is 0 Å². The van der Waals surface area contributed by atoms with Crippen molar-refractivity contribution in [3.63, 3.8) is 0 Å². The van der Waals surface area contributed by atoms with Gasteiger partial charge in [-0.05, 0) is 0 Å². The van der Waals surface area contributed by atoms with Gasteiger partial charge in [0.05, 0.1) is 0 Å². The van der Waals surface area contributed by atoms with Crippen molar-refractivity contribution >= 4 is 21.5 Å². The van der Waals surface area contributed by atoms with Gasteiger partial charge in [-0.1, -0.05) is 72.8 Å². The Kier molecular flexibility index (Phi) is 9.42. The average Bonchev–Trinajstić information content (AvgIpc) is 3.53. The molecule has 5 aromatic rings. The zero-order valence-corrected chi connectivity index (χ0v) is 20.4. The van der Waals surface area contributed by atoms with Crippen molar-refractivity contribution in [2.75, 3.05) is 0 Å². The molecule has 0 bridgehead atoms. The number of benzene rings is 4. The van der Waals surface area contributed by atoms with Gasteiger partial charge >= 0.3 is 26.2 Å². The summed E-state index contributed by atoms with van der Waals surface area (Å²) in [6.45, 7) is 0. The zero-order valence-electron chi connectivity index (χ0n) is 18.0. The number of rotatable bonds is 2. The van der Waals surface area contributed by atoms with Crippen LogP contribution in [-0.4, -0.2) is 0 Å². The molecule has 0 heterocycles. The van der Waals surface area contributed by atoms with Gasteiger partial charge in [-0.15, -0.1) is 88.0 Å². The zero-order chi connectivity index (χ0) is 21.1. The van der Waals surface area contributed by atoms with Gasteiger partial charge in [0.1, 0.15) is 0 Å². The first-order chi connectivity index (χ1) is 15.4. The molecule has 0 aliphatic heterocycles. The molecule has 6 rings (SSSR count). The molecule has 153 valence electrons.